The monoisotopic (exact) mass is 253 g/mol. The summed E-state index contributed by atoms with van der Waals surface area (Å²) in [6.07, 6.45) is 3.58. The zero-order chi connectivity index (χ0) is 13.1. The first kappa shape index (κ1) is 14.6. The Hall–Kier alpha value is -1.49. The van der Waals surface area contributed by atoms with Crippen molar-refractivity contribution in [3.05, 3.63) is 24.2 Å². The van der Waals surface area contributed by atoms with E-state index >= 15 is 0 Å². The summed E-state index contributed by atoms with van der Waals surface area (Å²) in [7, 11) is 1.69. The third kappa shape index (κ3) is 6.30. The Balaban J connectivity index is 2.26. The number of rotatable bonds is 8. The molecule has 0 bridgehead atoms. The number of aliphatic imine (C=N–C) groups is 1. The van der Waals surface area contributed by atoms with E-state index in [-0.39, 0.29) is 0 Å². The van der Waals surface area contributed by atoms with Crippen LogP contribution in [0.5, 0.6) is 0 Å². The maximum atomic E-state index is 5.27. The second-order valence-corrected chi connectivity index (χ2v) is 3.91. The first-order chi connectivity index (χ1) is 8.86. The Morgan fingerprint density at radius 1 is 1.39 bits per heavy atom. The first-order valence-corrected chi connectivity index (χ1v) is 6.40. The van der Waals surface area contributed by atoms with E-state index < -0.39 is 0 Å². The van der Waals surface area contributed by atoms with Crippen LogP contribution in [0, 0.1) is 0 Å². The molecule has 1 aromatic rings. The zero-order valence-electron chi connectivity index (χ0n) is 11.2. The van der Waals surface area contributed by atoms with Gasteiger partial charge in [0, 0.05) is 33.2 Å². The molecular formula is C13H23N3O2. The lowest BCUT2D eigenvalue weighted by molar-refractivity contribution is 0.203. The van der Waals surface area contributed by atoms with E-state index in [1.807, 2.05) is 12.1 Å². The topological polar surface area (TPSA) is 58.8 Å². The van der Waals surface area contributed by atoms with E-state index in [9.17, 15) is 0 Å². The van der Waals surface area contributed by atoms with Gasteiger partial charge in [0.25, 0.3) is 0 Å². The number of methoxy groups -OCH3 is 1. The van der Waals surface area contributed by atoms with Gasteiger partial charge in [0.2, 0.25) is 0 Å². The van der Waals surface area contributed by atoms with E-state index in [0.717, 1.165) is 44.2 Å². The van der Waals surface area contributed by atoms with Crippen LogP contribution in [0.1, 0.15) is 19.1 Å². The molecule has 1 heterocycles. The molecule has 0 unspecified atom stereocenters. The summed E-state index contributed by atoms with van der Waals surface area (Å²) < 4.78 is 10.3. The summed E-state index contributed by atoms with van der Waals surface area (Å²) in [4.78, 5) is 4.44. The molecule has 0 atom stereocenters. The molecule has 0 radical (unpaired) electrons. The van der Waals surface area contributed by atoms with Crippen molar-refractivity contribution in [3.63, 3.8) is 0 Å². The third-order valence-corrected chi connectivity index (χ3v) is 2.34. The smallest absolute Gasteiger partial charge is 0.191 e. The molecule has 0 fully saturated rings. The fraction of sp³-hybridized carbons (Fsp3) is 0.615. The van der Waals surface area contributed by atoms with Crippen molar-refractivity contribution in [1.82, 2.24) is 10.6 Å². The van der Waals surface area contributed by atoms with Crippen LogP contribution in [0.2, 0.25) is 0 Å². The Morgan fingerprint density at radius 2 is 2.22 bits per heavy atom. The standard InChI is InChI=1S/C13H23N3O2/c1-3-7-14-13(16-9-11-17-2)15-8-6-12-5-4-10-18-12/h4-5,10H,3,6-9,11H2,1-2H3,(H2,14,15,16). The van der Waals surface area contributed by atoms with Crippen LogP contribution in [-0.2, 0) is 11.2 Å². The van der Waals surface area contributed by atoms with Crippen LogP contribution in [0.15, 0.2) is 27.8 Å². The van der Waals surface area contributed by atoms with E-state index in [0.29, 0.717) is 6.61 Å². The predicted molar refractivity (Wildman–Crippen MR) is 72.9 cm³/mol. The predicted octanol–water partition coefficient (Wildman–Crippen LogP) is 1.41. The molecule has 0 aliphatic rings. The van der Waals surface area contributed by atoms with Crippen molar-refractivity contribution in [2.75, 3.05) is 33.4 Å². The molecule has 0 amide bonds. The van der Waals surface area contributed by atoms with Crippen molar-refractivity contribution in [2.24, 2.45) is 4.99 Å². The van der Waals surface area contributed by atoms with Crippen LogP contribution < -0.4 is 10.6 Å². The van der Waals surface area contributed by atoms with E-state index in [1.54, 1.807) is 13.4 Å². The molecule has 102 valence electrons. The van der Waals surface area contributed by atoms with Crippen molar-refractivity contribution < 1.29 is 9.15 Å². The number of nitrogens with zero attached hydrogens (tertiary/aromatic N) is 1. The van der Waals surface area contributed by atoms with Crippen LogP contribution >= 0.6 is 0 Å². The van der Waals surface area contributed by atoms with Gasteiger partial charge < -0.3 is 19.8 Å². The number of hydrogen-bond acceptors (Lipinski definition) is 3. The van der Waals surface area contributed by atoms with Crippen LogP contribution in [-0.4, -0.2) is 39.3 Å². The average Bonchev–Trinajstić information content (AvgIpc) is 2.88. The molecule has 5 nitrogen and oxygen atoms in total. The maximum absolute atomic E-state index is 5.27. The molecule has 0 aliphatic carbocycles. The fourth-order valence-corrected chi connectivity index (χ4v) is 1.43. The van der Waals surface area contributed by atoms with Gasteiger partial charge in [-0.15, -0.1) is 0 Å². The van der Waals surface area contributed by atoms with Crippen LogP contribution in [0.25, 0.3) is 0 Å². The Morgan fingerprint density at radius 3 is 2.89 bits per heavy atom. The van der Waals surface area contributed by atoms with Crippen LogP contribution in [0.4, 0.5) is 0 Å². The summed E-state index contributed by atoms with van der Waals surface area (Å²) in [5.41, 5.74) is 0. The molecule has 0 aromatic carbocycles. The highest BCUT2D eigenvalue weighted by molar-refractivity contribution is 5.79. The molecule has 2 N–H and O–H groups in total. The van der Waals surface area contributed by atoms with Crippen LogP contribution in [0.3, 0.4) is 0 Å². The minimum atomic E-state index is 0.672. The van der Waals surface area contributed by atoms with Crippen molar-refractivity contribution >= 4 is 5.96 Å². The Bertz CT molecular complexity index is 323. The number of guanidine groups is 1. The fourth-order valence-electron chi connectivity index (χ4n) is 1.43. The third-order valence-electron chi connectivity index (χ3n) is 2.34. The van der Waals surface area contributed by atoms with Gasteiger partial charge in [0.15, 0.2) is 5.96 Å². The minimum Gasteiger partial charge on any atom is -0.469 e. The number of furan rings is 1. The summed E-state index contributed by atoms with van der Waals surface area (Å²) in [6.45, 7) is 5.16. The lowest BCUT2D eigenvalue weighted by Gasteiger charge is -2.11. The summed E-state index contributed by atoms with van der Waals surface area (Å²) in [5.74, 6) is 1.81. The molecule has 0 saturated heterocycles. The lowest BCUT2D eigenvalue weighted by atomic mass is 10.3. The highest BCUT2D eigenvalue weighted by Crippen LogP contribution is 1.99. The summed E-state index contributed by atoms with van der Waals surface area (Å²) in [5, 5.41) is 6.49. The van der Waals surface area contributed by atoms with Gasteiger partial charge in [0.1, 0.15) is 5.76 Å². The second-order valence-electron chi connectivity index (χ2n) is 3.91. The van der Waals surface area contributed by atoms with Gasteiger partial charge in [-0.25, -0.2) is 0 Å². The van der Waals surface area contributed by atoms with Gasteiger partial charge in [-0.3, -0.25) is 4.99 Å². The summed E-state index contributed by atoms with van der Waals surface area (Å²) in [6, 6.07) is 3.88. The van der Waals surface area contributed by atoms with Gasteiger partial charge in [-0.05, 0) is 18.6 Å². The van der Waals surface area contributed by atoms with E-state index in [4.69, 9.17) is 9.15 Å². The number of nitrogens with one attached hydrogen (secondary N) is 2. The zero-order valence-corrected chi connectivity index (χ0v) is 11.2. The molecule has 1 aromatic heterocycles. The largest absolute Gasteiger partial charge is 0.469 e. The molecule has 0 spiro atoms. The van der Waals surface area contributed by atoms with Gasteiger partial charge in [0.05, 0.1) is 12.9 Å². The number of ether oxygens (including phenoxy) is 1. The minimum absolute atomic E-state index is 0.672. The maximum Gasteiger partial charge on any atom is 0.191 e. The molecule has 0 saturated carbocycles. The molecule has 5 heteroatoms. The normalized spacial score (nSPS) is 11.6. The van der Waals surface area contributed by atoms with Crippen molar-refractivity contribution in [1.29, 1.82) is 0 Å². The average molecular weight is 253 g/mol. The molecule has 18 heavy (non-hydrogen) atoms. The highest BCUT2D eigenvalue weighted by atomic mass is 16.5. The Kier molecular flexibility index (Phi) is 7.72. The van der Waals surface area contributed by atoms with E-state index in [1.165, 1.54) is 0 Å². The molecule has 1 rings (SSSR count). The lowest BCUT2D eigenvalue weighted by Crippen LogP contribution is -2.40. The highest BCUT2D eigenvalue weighted by Gasteiger charge is 1.99. The van der Waals surface area contributed by atoms with Gasteiger partial charge in [-0.1, -0.05) is 6.92 Å². The quantitative estimate of drug-likeness (QED) is 0.418. The van der Waals surface area contributed by atoms with Crippen molar-refractivity contribution in [2.45, 2.75) is 19.8 Å². The van der Waals surface area contributed by atoms with Gasteiger partial charge in [-0.2, -0.15) is 0 Å². The first-order valence-electron chi connectivity index (χ1n) is 6.40. The summed E-state index contributed by atoms with van der Waals surface area (Å²) >= 11 is 0. The number of hydrogen-bond donors (Lipinski definition) is 2. The SMILES string of the molecule is CCCN=C(NCCOC)NCCc1ccco1. The second kappa shape index (κ2) is 9.53. The van der Waals surface area contributed by atoms with Crippen molar-refractivity contribution in [3.8, 4) is 0 Å². The van der Waals surface area contributed by atoms with E-state index in [2.05, 4.69) is 22.5 Å². The molecular weight excluding hydrogens is 230 g/mol. The van der Waals surface area contributed by atoms with Gasteiger partial charge >= 0.3 is 0 Å². The Labute approximate surface area is 109 Å². The molecule has 0 aliphatic heterocycles.